The molecule has 65 heavy (non-hydrogen) atoms. The maximum atomic E-state index is 6.94. The van der Waals surface area contributed by atoms with Crippen LogP contribution in [0.1, 0.15) is 130 Å². The van der Waals surface area contributed by atoms with Gasteiger partial charge in [-0.1, -0.05) is 176 Å². The summed E-state index contributed by atoms with van der Waals surface area (Å²) in [7, 11) is 0. The van der Waals surface area contributed by atoms with Crippen molar-refractivity contribution in [2.24, 2.45) is 0 Å². The predicted molar refractivity (Wildman–Crippen MR) is 279 cm³/mol. The lowest BCUT2D eigenvalue weighted by Crippen LogP contribution is -2.59. The molecule has 2 heterocycles. The first-order chi connectivity index (χ1) is 30.5. The van der Waals surface area contributed by atoms with E-state index in [2.05, 4.69) is 246 Å². The fraction of sp³-hybridized carbons (Fsp3) is 0.311. The molecule has 0 saturated carbocycles. The zero-order valence-corrected chi connectivity index (χ0v) is 41.2. The van der Waals surface area contributed by atoms with Crippen molar-refractivity contribution >= 4 is 57.2 Å². The van der Waals surface area contributed by atoms with E-state index < -0.39 is 0 Å². The number of hydrogen-bond acceptors (Lipinski definition) is 3. The summed E-state index contributed by atoms with van der Waals surface area (Å²) in [6.45, 7) is 32.5. The van der Waals surface area contributed by atoms with Crippen LogP contribution in [0.4, 0.5) is 34.1 Å². The van der Waals surface area contributed by atoms with Crippen LogP contribution in [0.15, 0.2) is 140 Å². The molecule has 328 valence electrons. The van der Waals surface area contributed by atoms with Gasteiger partial charge in [0.2, 0.25) is 0 Å². The molecule has 3 aliphatic rings. The molecule has 10 rings (SSSR count). The van der Waals surface area contributed by atoms with E-state index in [9.17, 15) is 0 Å². The van der Waals surface area contributed by atoms with E-state index in [1.54, 1.807) is 0 Å². The fourth-order valence-electron chi connectivity index (χ4n) is 10.8. The van der Waals surface area contributed by atoms with E-state index in [4.69, 9.17) is 4.74 Å². The summed E-state index contributed by atoms with van der Waals surface area (Å²) in [4.78, 5) is 5.08. The molecular weight excluding hydrogens is 787 g/mol. The minimum absolute atomic E-state index is 0.00868. The van der Waals surface area contributed by atoms with Crippen molar-refractivity contribution in [2.45, 2.75) is 124 Å². The second-order valence-electron chi connectivity index (χ2n) is 23.5. The molecule has 2 aliphatic heterocycles. The molecule has 0 fully saturated rings. The van der Waals surface area contributed by atoms with E-state index in [0.29, 0.717) is 0 Å². The molecule has 0 radical (unpaired) electrons. The van der Waals surface area contributed by atoms with Crippen LogP contribution in [0, 0.1) is 0 Å². The second-order valence-corrected chi connectivity index (χ2v) is 23.5. The van der Waals surface area contributed by atoms with Gasteiger partial charge in [-0.05, 0) is 138 Å². The summed E-state index contributed by atoms with van der Waals surface area (Å²) in [5.74, 6) is 1.87. The van der Waals surface area contributed by atoms with Crippen LogP contribution in [0.2, 0.25) is 0 Å². The van der Waals surface area contributed by atoms with Gasteiger partial charge in [-0.15, -0.1) is 0 Å². The fourth-order valence-corrected chi connectivity index (χ4v) is 10.8. The maximum absolute atomic E-state index is 6.94. The maximum Gasteiger partial charge on any atom is 0.256 e. The molecule has 7 aromatic carbocycles. The molecule has 0 aromatic heterocycles. The smallest absolute Gasteiger partial charge is 0.256 e. The predicted octanol–water partition coefficient (Wildman–Crippen LogP) is 15.1. The van der Waals surface area contributed by atoms with Crippen molar-refractivity contribution in [3.8, 4) is 22.6 Å². The van der Waals surface area contributed by atoms with Gasteiger partial charge < -0.3 is 14.5 Å². The van der Waals surface area contributed by atoms with Crippen LogP contribution < -0.4 is 30.9 Å². The van der Waals surface area contributed by atoms with Crippen molar-refractivity contribution < 1.29 is 4.74 Å². The van der Waals surface area contributed by atoms with Crippen LogP contribution in [0.5, 0.6) is 11.5 Å². The zero-order valence-electron chi connectivity index (χ0n) is 41.2. The SMILES string of the molecule is CC(C)(C)c1ccc(N(c2ccc(C(C)(C)C)cc2)c2ccc(N3c4ccc(C(C)(C)C)cc4B4c5cc(C(C)(C)C)ccc5Oc5cccc3c54)c3c2C(C)(C)c2ccccc2-3)cc1. The summed E-state index contributed by atoms with van der Waals surface area (Å²) in [5.41, 5.74) is 21.1. The molecule has 0 atom stereocenters. The summed E-state index contributed by atoms with van der Waals surface area (Å²) in [6, 6.07) is 53.3. The number of rotatable bonds is 4. The second kappa shape index (κ2) is 14.5. The van der Waals surface area contributed by atoms with Gasteiger partial charge in [0.15, 0.2) is 0 Å². The van der Waals surface area contributed by atoms with Gasteiger partial charge in [0.05, 0.1) is 11.4 Å². The number of ether oxygens (including phenoxy) is 1. The Morgan fingerprint density at radius 2 is 1.00 bits per heavy atom. The van der Waals surface area contributed by atoms with Gasteiger partial charge in [-0.2, -0.15) is 0 Å². The van der Waals surface area contributed by atoms with Gasteiger partial charge >= 0.3 is 0 Å². The molecule has 0 amide bonds. The Morgan fingerprint density at radius 1 is 0.477 bits per heavy atom. The van der Waals surface area contributed by atoms with Gasteiger partial charge in [-0.25, -0.2) is 0 Å². The normalized spacial score (nSPS) is 14.8. The Bertz CT molecular complexity index is 2960. The minimum atomic E-state index is -0.314. The number of hydrogen-bond donors (Lipinski definition) is 0. The third-order valence-corrected chi connectivity index (χ3v) is 14.5. The van der Waals surface area contributed by atoms with E-state index in [0.717, 1.165) is 22.9 Å². The molecule has 0 unspecified atom stereocenters. The van der Waals surface area contributed by atoms with E-state index >= 15 is 0 Å². The summed E-state index contributed by atoms with van der Waals surface area (Å²) in [6.07, 6.45) is 0. The Morgan fingerprint density at radius 3 is 1.58 bits per heavy atom. The number of anilines is 6. The van der Waals surface area contributed by atoms with Crippen LogP contribution in [-0.2, 0) is 27.1 Å². The lowest BCUT2D eigenvalue weighted by Gasteiger charge is -2.42. The molecule has 3 nitrogen and oxygen atoms in total. The first kappa shape index (κ1) is 42.9. The lowest BCUT2D eigenvalue weighted by atomic mass is 9.34. The highest BCUT2D eigenvalue weighted by atomic mass is 16.5. The summed E-state index contributed by atoms with van der Waals surface area (Å²) < 4.78 is 6.94. The van der Waals surface area contributed by atoms with Gasteiger partial charge in [0, 0.05) is 33.7 Å². The highest BCUT2D eigenvalue weighted by Crippen LogP contribution is 2.59. The third kappa shape index (κ3) is 6.93. The molecule has 0 spiro atoms. The minimum Gasteiger partial charge on any atom is -0.458 e. The molecule has 4 heteroatoms. The quantitative estimate of drug-likeness (QED) is 0.164. The Hall–Kier alpha value is -6.00. The van der Waals surface area contributed by atoms with Crippen LogP contribution in [0.25, 0.3) is 11.1 Å². The zero-order chi connectivity index (χ0) is 46.2. The Labute approximate surface area is 389 Å². The first-order valence-corrected chi connectivity index (χ1v) is 23.7. The Kier molecular flexibility index (Phi) is 9.58. The van der Waals surface area contributed by atoms with Gasteiger partial charge in [0.25, 0.3) is 6.71 Å². The molecule has 0 bridgehead atoms. The van der Waals surface area contributed by atoms with Crippen molar-refractivity contribution in [1.82, 2.24) is 0 Å². The van der Waals surface area contributed by atoms with E-state index in [1.807, 2.05) is 0 Å². The average Bonchev–Trinajstić information content (AvgIpc) is 3.49. The highest BCUT2D eigenvalue weighted by molar-refractivity contribution is 6.99. The van der Waals surface area contributed by atoms with E-state index in [-0.39, 0.29) is 33.8 Å². The number of fused-ring (bicyclic) bond motifs is 7. The van der Waals surface area contributed by atoms with Crippen LogP contribution in [0.3, 0.4) is 0 Å². The standard InChI is InChI=1S/C61H65BN2O/c1-57(2,3)38-22-28-42(29-23-38)63(43-30-24-39(25-31-43)58(4,5)6)50-34-33-49(54-44-18-15-16-19-45(44)61(13,14)55(50)54)64-48-32-26-40(59(7,8)9)36-46(48)62-47-37-41(60(10,11)12)27-35-52(47)65-53-21-17-20-51(64)56(53)62/h15-37H,1-14H3. The van der Waals surface area contributed by atoms with Crippen molar-refractivity contribution in [3.63, 3.8) is 0 Å². The number of nitrogens with zero attached hydrogens (tertiary/aromatic N) is 2. The monoisotopic (exact) mass is 853 g/mol. The molecule has 7 aromatic rings. The van der Waals surface area contributed by atoms with E-state index in [1.165, 1.54) is 83.6 Å². The Balaban J connectivity index is 1.26. The summed E-state index contributed by atoms with van der Waals surface area (Å²) >= 11 is 0. The largest absolute Gasteiger partial charge is 0.458 e. The van der Waals surface area contributed by atoms with Crippen LogP contribution >= 0.6 is 0 Å². The molecule has 0 saturated heterocycles. The average molecular weight is 853 g/mol. The lowest BCUT2D eigenvalue weighted by molar-refractivity contribution is 0.486. The number of benzene rings is 7. The van der Waals surface area contributed by atoms with Crippen molar-refractivity contribution in [2.75, 3.05) is 9.80 Å². The summed E-state index contributed by atoms with van der Waals surface area (Å²) in [5, 5.41) is 0. The highest BCUT2D eigenvalue weighted by Gasteiger charge is 2.46. The topological polar surface area (TPSA) is 15.7 Å². The van der Waals surface area contributed by atoms with Crippen molar-refractivity contribution in [3.05, 3.63) is 173 Å². The van der Waals surface area contributed by atoms with Crippen LogP contribution in [-0.4, -0.2) is 6.71 Å². The molecule has 0 N–H and O–H groups in total. The first-order valence-electron chi connectivity index (χ1n) is 23.7. The third-order valence-electron chi connectivity index (χ3n) is 14.5. The molecule has 1 aliphatic carbocycles. The van der Waals surface area contributed by atoms with Crippen molar-refractivity contribution in [1.29, 1.82) is 0 Å². The van der Waals surface area contributed by atoms with Gasteiger partial charge in [-0.3, -0.25) is 0 Å². The molecular formula is C61H65BN2O. The van der Waals surface area contributed by atoms with Gasteiger partial charge in [0.1, 0.15) is 11.5 Å².